The summed E-state index contributed by atoms with van der Waals surface area (Å²) in [6, 6.07) is 18.6. The second-order valence-electron chi connectivity index (χ2n) is 10.0. The first kappa shape index (κ1) is 29.8. The molecule has 226 valence electrons. The number of ether oxygens (including phenoxy) is 3. The average molecular weight is 652 g/mol. The fraction of sp³-hybridized carbons (Fsp3) is 0.226. The Morgan fingerprint density at radius 3 is 2.25 bits per heavy atom. The minimum Gasteiger partial charge on any atom is -0.497 e. The summed E-state index contributed by atoms with van der Waals surface area (Å²) in [7, 11) is 4.57. The summed E-state index contributed by atoms with van der Waals surface area (Å²) in [5.74, 6) is -1.14. The number of hydrogen-bond donors (Lipinski definition) is 1. The minimum absolute atomic E-state index is 0.277. The smallest absolute Gasteiger partial charge is 0.308 e. The van der Waals surface area contributed by atoms with E-state index in [0.29, 0.717) is 49.1 Å². The molecule has 13 heteroatoms. The van der Waals surface area contributed by atoms with Crippen LogP contribution in [0.3, 0.4) is 0 Å². The van der Waals surface area contributed by atoms with Crippen molar-refractivity contribution >= 4 is 63.8 Å². The van der Waals surface area contributed by atoms with Crippen LogP contribution in [0.1, 0.15) is 16.4 Å². The summed E-state index contributed by atoms with van der Waals surface area (Å²) in [5.41, 5.74) is 1.63. The van der Waals surface area contributed by atoms with Gasteiger partial charge in [-0.25, -0.2) is 4.90 Å². The number of nitrogens with zero attached hydrogens (tertiary/aromatic N) is 2. The number of carbonyl (C=O) groups excluding carboxylic acids is 3. The second kappa shape index (κ2) is 12.0. The number of amides is 3. The molecule has 1 aromatic heterocycles. The first-order valence-corrected chi connectivity index (χ1v) is 15.5. The van der Waals surface area contributed by atoms with Crippen molar-refractivity contribution in [2.45, 2.75) is 22.7 Å². The van der Waals surface area contributed by atoms with Gasteiger partial charge in [0.15, 0.2) is 11.5 Å². The van der Waals surface area contributed by atoms with Crippen LogP contribution in [-0.2, 0) is 20.9 Å². The molecule has 44 heavy (non-hydrogen) atoms. The minimum atomic E-state index is -0.838. The van der Waals surface area contributed by atoms with Crippen molar-refractivity contribution in [3.8, 4) is 17.2 Å². The molecule has 1 N–H and O–H groups in total. The molecule has 0 bridgehead atoms. The van der Waals surface area contributed by atoms with Gasteiger partial charge in [0.05, 0.1) is 38.0 Å². The van der Waals surface area contributed by atoms with Gasteiger partial charge in [-0.15, -0.1) is 0 Å². The lowest BCUT2D eigenvalue weighted by Gasteiger charge is -2.31. The van der Waals surface area contributed by atoms with Crippen molar-refractivity contribution in [3.05, 3.63) is 91.9 Å². The number of thioether (sulfide) groups is 1. The van der Waals surface area contributed by atoms with E-state index >= 15 is 0 Å². The van der Waals surface area contributed by atoms with Crippen LogP contribution in [0.2, 0.25) is 5.02 Å². The highest BCUT2D eigenvalue weighted by Gasteiger charge is 2.57. The van der Waals surface area contributed by atoms with E-state index in [1.165, 1.54) is 30.8 Å². The average Bonchev–Trinajstić information content (AvgIpc) is 3.47. The molecule has 2 aliphatic rings. The Hall–Kier alpha value is -4.26. The fourth-order valence-corrected chi connectivity index (χ4v) is 8.42. The molecule has 2 aliphatic heterocycles. The highest BCUT2D eigenvalue weighted by molar-refractivity contribution is 8.00. The molecule has 3 amide bonds. The molecule has 0 aliphatic carbocycles. The number of anilines is 2. The van der Waals surface area contributed by atoms with Gasteiger partial charge in [-0.2, -0.15) is 0 Å². The lowest BCUT2D eigenvalue weighted by molar-refractivity contribution is -0.122. The van der Waals surface area contributed by atoms with Crippen LogP contribution in [0.5, 0.6) is 17.2 Å². The molecule has 1 saturated heterocycles. The van der Waals surface area contributed by atoms with E-state index in [2.05, 4.69) is 5.32 Å². The number of halogens is 1. The molecule has 0 spiro atoms. The van der Waals surface area contributed by atoms with Crippen molar-refractivity contribution in [2.24, 2.45) is 5.92 Å². The van der Waals surface area contributed by atoms with Crippen LogP contribution in [0, 0.1) is 5.92 Å². The first-order chi connectivity index (χ1) is 21.2. The van der Waals surface area contributed by atoms with Crippen molar-refractivity contribution in [3.63, 3.8) is 0 Å². The Kier molecular flexibility index (Phi) is 8.14. The Morgan fingerprint density at radius 2 is 1.59 bits per heavy atom. The van der Waals surface area contributed by atoms with Crippen LogP contribution >= 0.6 is 34.7 Å². The summed E-state index contributed by atoms with van der Waals surface area (Å²) in [6.45, 7) is -0.277. The lowest BCUT2D eigenvalue weighted by Crippen LogP contribution is -2.33. The number of fused-ring (bicyclic) bond motifs is 2. The summed E-state index contributed by atoms with van der Waals surface area (Å²) in [5, 5.41) is 2.94. The molecule has 1 fully saturated rings. The maximum atomic E-state index is 14.1. The van der Waals surface area contributed by atoms with Crippen LogP contribution in [0.15, 0.2) is 76.6 Å². The summed E-state index contributed by atoms with van der Waals surface area (Å²) in [6.07, 6.45) is 0. The number of methoxy groups -OCH3 is 3. The molecule has 3 heterocycles. The van der Waals surface area contributed by atoms with Gasteiger partial charge in [0.25, 0.3) is 0 Å². The second-order valence-corrected chi connectivity index (χ2v) is 12.6. The van der Waals surface area contributed by atoms with Crippen molar-refractivity contribution in [2.75, 3.05) is 31.5 Å². The van der Waals surface area contributed by atoms with Gasteiger partial charge >= 0.3 is 4.87 Å². The Bertz CT molecular complexity index is 1820. The molecule has 3 atom stereocenters. The van der Waals surface area contributed by atoms with E-state index in [4.69, 9.17) is 25.8 Å². The maximum absolute atomic E-state index is 14.1. The van der Waals surface area contributed by atoms with Crippen LogP contribution in [0.25, 0.3) is 0 Å². The van der Waals surface area contributed by atoms with E-state index in [1.54, 1.807) is 66.7 Å². The largest absolute Gasteiger partial charge is 0.497 e. The lowest BCUT2D eigenvalue weighted by atomic mass is 9.83. The van der Waals surface area contributed by atoms with Crippen LogP contribution < -0.4 is 29.3 Å². The van der Waals surface area contributed by atoms with Gasteiger partial charge in [-0.3, -0.25) is 23.7 Å². The normalized spacial score (nSPS) is 18.9. The van der Waals surface area contributed by atoms with Gasteiger partial charge in [-0.1, -0.05) is 40.8 Å². The molecule has 0 unspecified atom stereocenters. The van der Waals surface area contributed by atoms with Crippen LogP contribution in [-0.4, -0.2) is 48.9 Å². The highest BCUT2D eigenvalue weighted by atomic mass is 35.5. The first-order valence-electron chi connectivity index (χ1n) is 13.4. The van der Waals surface area contributed by atoms with Gasteiger partial charge in [0.1, 0.15) is 17.5 Å². The van der Waals surface area contributed by atoms with Gasteiger partial charge < -0.3 is 19.5 Å². The number of rotatable bonds is 8. The fourth-order valence-electron chi connectivity index (χ4n) is 5.52. The quantitative estimate of drug-likeness (QED) is 0.264. The molecule has 3 aromatic carbocycles. The Balaban J connectivity index is 1.43. The van der Waals surface area contributed by atoms with Crippen molar-refractivity contribution in [1.29, 1.82) is 0 Å². The predicted molar refractivity (Wildman–Crippen MR) is 169 cm³/mol. The molecule has 6 rings (SSSR count). The number of nitrogens with one attached hydrogen (secondary N) is 1. The summed E-state index contributed by atoms with van der Waals surface area (Å²) < 4.78 is 17.6. The number of benzene rings is 3. The zero-order valence-corrected chi connectivity index (χ0v) is 26.1. The third kappa shape index (κ3) is 5.23. The third-order valence-electron chi connectivity index (χ3n) is 7.58. The number of thiazole rings is 1. The van der Waals surface area contributed by atoms with E-state index in [-0.39, 0.29) is 17.3 Å². The number of hydrogen-bond acceptors (Lipinski definition) is 9. The monoisotopic (exact) mass is 651 g/mol. The Labute approximate surface area is 265 Å². The SMILES string of the molecule is COc1ccc(N2C(=O)[C@H]3[C@H](c4ccc(OC)c(OC)c4)c4sc(=O)n(CC(=O)Nc5ccc(Cl)cc5)c4S[C@H]3C2=O)cc1. The van der Waals surface area contributed by atoms with Gasteiger partial charge in [-0.05, 0) is 66.2 Å². The third-order valence-corrected chi connectivity index (χ3v) is 10.4. The van der Waals surface area contributed by atoms with Crippen LogP contribution in [0.4, 0.5) is 11.4 Å². The maximum Gasteiger partial charge on any atom is 0.308 e. The predicted octanol–water partition coefficient (Wildman–Crippen LogP) is 5.02. The number of carbonyl (C=O) groups is 3. The van der Waals surface area contributed by atoms with Crippen molar-refractivity contribution in [1.82, 2.24) is 4.57 Å². The zero-order chi connectivity index (χ0) is 31.1. The van der Waals surface area contributed by atoms with E-state index in [9.17, 15) is 19.2 Å². The molecular weight excluding hydrogens is 626 g/mol. The number of imide groups is 1. The molecule has 4 aromatic rings. The van der Waals surface area contributed by atoms with E-state index in [0.717, 1.165) is 23.1 Å². The molecule has 0 saturated carbocycles. The summed E-state index contributed by atoms with van der Waals surface area (Å²) in [4.78, 5) is 56.0. The zero-order valence-electron chi connectivity index (χ0n) is 23.7. The molecular formula is C31H26ClN3O7S2. The van der Waals surface area contributed by atoms with Crippen molar-refractivity contribution < 1.29 is 28.6 Å². The van der Waals surface area contributed by atoms with E-state index < -0.39 is 28.9 Å². The number of aromatic nitrogens is 1. The van der Waals surface area contributed by atoms with E-state index in [1.807, 2.05) is 0 Å². The van der Waals surface area contributed by atoms with Gasteiger partial charge in [0, 0.05) is 21.5 Å². The Morgan fingerprint density at radius 1 is 0.886 bits per heavy atom. The molecule has 10 nitrogen and oxygen atoms in total. The molecule has 0 radical (unpaired) electrons. The standard InChI is InChI=1S/C31H26ClN3O7S2/c1-40-20-11-9-19(10-12-20)35-28(37)25-24(16-4-13-21(41-2)22(14-16)42-3)27-30(43-26(25)29(35)38)34(31(39)44-27)15-23(36)33-18-7-5-17(32)6-8-18/h4-14,24-26H,15H2,1-3H3,(H,33,36)/t24-,25-,26+/m0/s1. The topological polar surface area (TPSA) is 116 Å². The van der Waals surface area contributed by atoms with Gasteiger partial charge in [0.2, 0.25) is 17.7 Å². The highest BCUT2D eigenvalue weighted by Crippen LogP contribution is 2.54. The summed E-state index contributed by atoms with van der Waals surface area (Å²) >= 11 is 8.07.